The highest BCUT2D eigenvalue weighted by Gasteiger charge is 2.45. The fourth-order valence-corrected chi connectivity index (χ4v) is 6.65. The molecule has 1 N–H and O–H groups in total. The normalized spacial score (nSPS) is 13.7. The minimum absolute atomic E-state index is 0.149. The van der Waals surface area contributed by atoms with E-state index in [1.807, 2.05) is 11.8 Å². The number of aliphatic hydroxyl groups excluding tert-OH is 1. The lowest BCUT2D eigenvalue weighted by Gasteiger charge is -2.46. The summed E-state index contributed by atoms with van der Waals surface area (Å²) < 4.78 is 13.5. The maximum absolute atomic E-state index is 9.20. The first kappa shape index (κ1) is 34.6. The molecule has 2 aromatic carbocycles. The summed E-state index contributed by atoms with van der Waals surface area (Å²) in [4.78, 5) is 0. The fourth-order valence-electron chi connectivity index (χ4n) is 5.97. The SMILES string of the molecule is CCCC(C)(Oc1c(C)cc(C(CC)CC)cc1CCCSCCO)C(C)(C)c1cc(C)c(OC(C)C)c(C)c1. The predicted octanol–water partition coefficient (Wildman–Crippen LogP) is 9.88. The Labute approximate surface area is 250 Å². The monoisotopic (exact) mass is 570 g/mol. The number of aryl methyl sites for hydroxylation is 4. The molecule has 0 amide bonds. The van der Waals surface area contributed by atoms with Crippen molar-refractivity contribution in [3.63, 3.8) is 0 Å². The molecule has 2 aromatic rings. The number of benzene rings is 2. The van der Waals surface area contributed by atoms with Crippen LogP contribution in [0.4, 0.5) is 0 Å². The van der Waals surface area contributed by atoms with E-state index in [1.54, 1.807) is 0 Å². The van der Waals surface area contributed by atoms with Crippen molar-refractivity contribution in [3.05, 3.63) is 57.6 Å². The Hall–Kier alpha value is -1.65. The minimum atomic E-state index is -0.400. The van der Waals surface area contributed by atoms with Gasteiger partial charge in [0, 0.05) is 11.2 Å². The lowest BCUT2D eigenvalue weighted by molar-refractivity contribution is 0.00721. The van der Waals surface area contributed by atoms with Gasteiger partial charge in [-0.1, -0.05) is 65.3 Å². The largest absolute Gasteiger partial charge is 0.490 e. The maximum atomic E-state index is 9.20. The van der Waals surface area contributed by atoms with Crippen LogP contribution in [-0.2, 0) is 11.8 Å². The molecule has 0 aliphatic carbocycles. The molecule has 0 spiro atoms. The standard InChI is InChI=1S/C36H58O3S/c1-12-17-36(11,35(9,10)32-22-27(7)33(28(8)23-32)38-25(4)5)39-34-26(6)21-31(29(13-2)14-3)24-30(34)16-15-19-40-20-18-37/h21-25,29,37H,12-20H2,1-11H3. The summed E-state index contributed by atoms with van der Waals surface area (Å²) in [6, 6.07) is 9.43. The Morgan fingerprint density at radius 2 is 1.45 bits per heavy atom. The molecular formula is C36H58O3S. The molecule has 0 aliphatic rings. The predicted molar refractivity (Wildman–Crippen MR) is 176 cm³/mol. The van der Waals surface area contributed by atoms with Crippen LogP contribution in [0.5, 0.6) is 11.5 Å². The first-order valence-corrected chi connectivity index (χ1v) is 16.8. The second-order valence-corrected chi connectivity index (χ2v) is 13.8. The van der Waals surface area contributed by atoms with Gasteiger partial charge < -0.3 is 14.6 Å². The molecular weight excluding hydrogens is 512 g/mol. The highest BCUT2D eigenvalue weighted by Crippen LogP contribution is 2.45. The van der Waals surface area contributed by atoms with Crippen molar-refractivity contribution >= 4 is 11.8 Å². The van der Waals surface area contributed by atoms with Gasteiger partial charge in [0.2, 0.25) is 0 Å². The van der Waals surface area contributed by atoms with Crippen LogP contribution in [0.2, 0.25) is 0 Å². The van der Waals surface area contributed by atoms with Crippen LogP contribution in [0.15, 0.2) is 24.3 Å². The molecule has 226 valence electrons. The number of ether oxygens (including phenoxy) is 2. The van der Waals surface area contributed by atoms with Crippen molar-refractivity contribution in [2.75, 3.05) is 18.1 Å². The smallest absolute Gasteiger partial charge is 0.126 e. The number of thioether (sulfide) groups is 1. The van der Waals surface area contributed by atoms with Gasteiger partial charge in [-0.25, -0.2) is 0 Å². The molecule has 0 saturated heterocycles. The third-order valence-electron chi connectivity index (χ3n) is 8.71. The topological polar surface area (TPSA) is 38.7 Å². The summed E-state index contributed by atoms with van der Waals surface area (Å²) in [5.41, 5.74) is 7.04. The van der Waals surface area contributed by atoms with Gasteiger partial charge in [0.15, 0.2) is 0 Å². The summed E-state index contributed by atoms with van der Waals surface area (Å²) in [6.45, 7) is 24.8. The summed E-state index contributed by atoms with van der Waals surface area (Å²) in [5, 5.41) is 9.20. The zero-order chi connectivity index (χ0) is 30.1. The molecule has 40 heavy (non-hydrogen) atoms. The van der Waals surface area contributed by atoms with E-state index in [1.165, 1.54) is 33.4 Å². The average molecular weight is 571 g/mol. The second-order valence-electron chi connectivity index (χ2n) is 12.6. The zero-order valence-corrected chi connectivity index (χ0v) is 28.3. The average Bonchev–Trinajstić information content (AvgIpc) is 2.88. The van der Waals surface area contributed by atoms with Crippen molar-refractivity contribution in [1.82, 2.24) is 0 Å². The molecule has 0 aliphatic heterocycles. The quantitative estimate of drug-likeness (QED) is 0.192. The van der Waals surface area contributed by atoms with Crippen LogP contribution in [0.25, 0.3) is 0 Å². The van der Waals surface area contributed by atoms with Crippen molar-refractivity contribution < 1.29 is 14.6 Å². The lowest BCUT2D eigenvalue weighted by atomic mass is 9.68. The van der Waals surface area contributed by atoms with E-state index in [0.717, 1.165) is 61.5 Å². The van der Waals surface area contributed by atoms with Crippen LogP contribution >= 0.6 is 11.8 Å². The molecule has 0 heterocycles. The molecule has 2 rings (SSSR count). The number of rotatable bonds is 17. The Morgan fingerprint density at radius 1 is 0.850 bits per heavy atom. The summed E-state index contributed by atoms with van der Waals surface area (Å²) >= 11 is 1.83. The Morgan fingerprint density at radius 3 is 1.98 bits per heavy atom. The van der Waals surface area contributed by atoms with Gasteiger partial charge in [-0.15, -0.1) is 0 Å². The van der Waals surface area contributed by atoms with Gasteiger partial charge in [-0.05, 0) is 119 Å². The first-order chi connectivity index (χ1) is 18.8. The van der Waals surface area contributed by atoms with Gasteiger partial charge in [-0.2, -0.15) is 11.8 Å². The van der Waals surface area contributed by atoms with Crippen molar-refractivity contribution in [2.24, 2.45) is 0 Å². The molecule has 0 aromatic heterocycles. The third-order valence-corrected chi connectivity index (χ3v) is 9.76. The van der Waals surface area contributed by atoms with E-state index in [0.29, 0.717) is 5.92 Å². The molecule has 0 radical (unpaired) electrons. The fraction of sp³-hybridized carbons (Fsp3) is 0.667. The first-order valence-electron chi connectivity index (χ1n) is 15.6. The van der Waals surface area contributed by atoms with E-state index >= 15 is 0 Å². The van der Waals surface area contributed by atoms with Gasteiger partial charge in [0.25, 0.3) is 0 Å². The molecule has 1 atom stereocenters. The van der Waals surface area contributed by atoms with E-state index in [2.05, 4.69) is 100 Å². The number of hydrogen-bond acceptors (Lipinski definition) is 4. The highest BCUT2D eigenvalue weighted by atomic mass is 32.2. The molecule has 3 nitrogen and oxygen atoms in total. The number of aliphatic hydroxyl groups is 1. The highest BCUT2D eigenvalue weighted by molar-refractivity contribution is 7.99. The van der Waals surface area contributed by atoms with Gasteiger partial charge in [0.1, 0.15) is 17.1 Å². The summed E-state index contributed by atoms with van der Waals surface area (Å²) in [5.74, 6) is 4.50. The van der Waals surface area contributed by atoms with Gasteiger partial charge in [-0.3, -0.25) is 0 Å². The Kier molecular flexibility index (Phi) is 13.4. The van der Waals surface area contributed by atoms with E-state index < -0.39 is 5.60 Å². The van der Waals surface area contributed by atoms with Crippen LogP contribution in [0.3, 0.4) is 0 Å². The van der Waals surface area contributed by atoms with Crippen LogP contribution in [0, 0.1) is 20.8 Å². The van der Waals surface area contributed by atoms with Crippen molar-refractivity contribution in [1.29, 1.82) is 0 Å². The molecule has 4 heteroatoms. The Balaban J connectivity index is 2.57. The second kappa shape index (κ2) is 15.5. The van der Waals surface area contributed by atoms with Gasteiger partial charge >= 0.3 is 0 Å². The van der Waals surface area contributed by atoms with Crippen LogP contribution in [0.1, 0.15) is 127 Å². The van der Waals surface area contributed by atoms with Crippen LogP contribution in [-0.4, -0.2) is 34.9 Å². The summed E-state index contributed by atoms with van der Waals surface area (Å²) in [6.07, 6.45) is 6.53. The van der Waals surface area contributed by atoms with Crippen molar-refractivity contribution in [3.8, 4) is 11.5 Å². The van der Waals surface area contributed by atoms with Gasteiger partial charge in [0.05, 0.1) is 12.7 Å². The summed E-state index contributed by atoms with van der Waals surface area (Å²) in [7, 11) is 0. The Bertz CT molecular complexity index is 1050. The molecule has 0 bridgehead atoms. The maximum Gasteiger partial charge on any atom is 0.126 e. The molecule has 0 fully saturated rings. The molecule has 0 saturated carbocycles. The van der Waals surface area contributed by atoms with Crippen LogP contribution < -0.4 is 9.47 Å². The third kappa shape index (κ3) is 8.44. The number of hydrogen-bond donors (Lipinski definition) is 1. The van der Waals surface area contributed by atoms with E-state index in [4.69, 9.17) is 9.47 Å². The van der Waals surface area contributed by atoms with E-state index in [-0.39, 0.29) is 18.1 Å². The lowest BCUT2D eigenvalue weighted by Crippen LogP contribution is -2.50. The zero-order valence-electron chi connectivity index (χ0n) is 27.5. The van der Waals surface area contributed by atoms with Crippen molar-refractivity contribution in [2.45, 2.75) is 138 Å². The van der Waals surface area contributed by atoms with E-state index in [9.17, 15) is 5.11 Å². The minimum Gasteiger partial charge on any atom is -0.490 e. The molecule has 1 unspecified atom stereocenters.